The summed E-state index contributed by atoms with van der Waals surface area (Å²) in [6.07, 6.45) is 3.70. The molecule has 0 aromatic carbocycles. The van der Waals surface area contributed by atoms with Crippen LogP contribution in [-0.2, 0) is 0 Å². The summed E-state index contributed by atoms with van der Waals surface area (Å²) >= 11 is 7.41. The van der Waals surface area contributed by atoms with Gasteiger partial charge < -0.3 is 15.1 Å². The van der Waals surface area contributed by atoms with Crippen LogP contribution in [0.1, 0.15) is 34.7 Å². The number of aryl methyl sites for hydroxylation is 1. The van der Waals surface area contributed by atoms with Crippen molar-refractivity contribution >= 4 is 28.7 Å². The van der Waals surface area contributed by atoms with Crippen LogP contribution in [0.15, 0.2) is 42.0 Å². The third-order valence-corrected chi connectivity index (χ3v) is 6.49. The third-order valence-electron chi connectivity index (χ3n) is 5.39. The molecule has 152 valence electrons. The van der Waals surface area contributed by atoms with E-state index in [9.17, 15) is 0 Å². The SMILES string of the molecule is Cc1cc([C@H]2[C@@H](c3ccccn3)NC(=S)N2CCN(C)C)c(C)n1-c1nccs1. The lowest BCUT2D eigenvalue weighted by atomic mass is 9.97. The zero-order chi connectivity index (χ0) is 20.5. The number of pyridine rings is 1. The Morgan fingerprint density at radius 1 is 1.21 bits per heavy atom. The zero-order valence-corrected chi connectivity index (χ0v) is 18.8. The summed E-state index contributed by atoms with van der Waals surface area (Å²) < 4.78 is 2.24. The second-order valence-electron chi connectivity index (χ2n) is 7.60. The highest BCUT2D eigenvalue weighted by molar-refractivity contribution is 7.80. The summed E-state index contributed by atoms with van der Waals surface area (Å²) in [6.45, 7) is 6.09. The van der Waals surface area contributed by atoms with Gasteiger partial charge in [0.2, 0.25) is 0 Å². The van der Waals surface area contributed by atoms with Crippen molar-refractivity contribution in [2.24, 2.45) is 0 Å². The number of rotatable bonds is 6. The largest absolute Gasteiger partial charge is 0.352 e. The van der Waals surface area contributed by atoms with Crippen molar-refractivity contribution < 1.29 is 0 Å². The predicted molar refractivity (Wildman–Crippen MR) is 122 cm³/mol. The first kappa shape index (κ1) is 20.0. The topological polar surface area (TPSA) is 49.2 Å². The second kappa shape index (κ2) is 8.22. The minimum absolute atomic E-state index is 0.0103. The molecule has 3 aromatic heterocycles. The maximum absolute atomic E-state index is 5.76. The van der Waals surface area contributed by atoms with Crippen LogP contribution in [0, 0.1) is 13.8 Å². The molecule has 0 radical (unpaired) electrons. The summed E-state index contributed by atoms with van der Waals surface area (Å²) in [4.78, 5) is 13.7. The molecule has 0 bridgehead atoms. The molecule has 6 nitrogen and oxygen atoms in total. The number of nitrogens with one attached hydrogen (secondary N) is 1. The van der Waals surface area contributed by atoms with Crippen LogP contribution in [0.5, 0.6) is 0 Å². The molecule has 0 aliphatic carbocycles. The zero-order valence-electron chi connectivity index (χ0n) is 17.2. The molecule has 0 saturated carbocycles. The highest BCUT2D eigenvalue weighted by atomic mass is 32.1. The van der Waals surface area contributed by atoms with Gasteiger partial charge in [0.25, 0.3) is 0 Å². The lowest BCUT2D eigenvalue weighted by Gasteiger charge is -2.29. The van der Waals surface area contributed by atoms with E-state index in [0.717, 1.165) is 29.0 Å². The normalized spacial score (nSPS) is 19.2. The number of aromatic nitrogens is 3. The summed E-state index contributed by atoms with van der Waals surface area (Å²) in [7, 11) is 4.18. The molecule has 1 N–H and O–H groups in total. The first-order chi connectivity index (χ1) is 14.0. The Hall–Kier alpha value is -2.29. The van der Waals surface area contributed by atoms with Gasteiger partial charge in [-0.15, -0.1) is 11.3 Å². The first-order valence-electron chi connectivity index (χ1n) is 9.69. The van der Waals surface area contributed by atoms with Gasteiger partial charge in [0.15, 0.2) is 10.2 Å². The number of hydrogen-bond donors (Lipinski definition) is 1. The van der Waals surface area contributed by atoms with E-state index >= 15 is 0 Å². The van der Waals surface area contributed by atoms with E-state index in [1.54, 1.807) is 11.3 Å². The molecule has 0 amide bonds. The van der Waals surface area contributed by atoms with Gasteiger partial charge in [-0.2, -0.15) is 0 Å². The number of likely N-dealkylation sites (N-methyl/N-ethyl adjacent to an activating group) is 1. The highest BCUT2D eigenvalue weighted by Crippen LogP contribution is 2.41. The van der Waals surface area contributed by atoms with E-state index in [2.05, 4.69) is 69.7 Å². The summed E-state index contributed by atoms with van der Waals surface area (Å²) in [5.41, 5.74) is 4.65. The van der Waals surface area contributed by atoms with Gasteiger partial charge in [-0.05, 0) is 63.9 Å². The Bertz CT molecular complexity index is 980. The van der Waals surface area contributed by atoms with E-state index in [1.807, 2.05) is 29.9 Å². The molecule has 0 unspecified atom stereocenters. The van der Waals surface area contributed by atoms with Crippen LogP contribution in [-0.4, -0.2) is 56.6 Å². The summed E-state index contributed by atoms with van der Waals surface area (Å²) in [6, 6.07) is 8.42. The van der Waals surface area contributed by atoms with Gasteiger partial charge in [-0.1, -0.05) is 6.07 Å². The van der Waals surface area contributed by atoms with Crippen LogP contribution in [0.25, 0.3) is 5.13 Å². The van der Waals surface area contributed by atoms with Crippen LogP contribution in [0.3, 0.4) is 0 Å². The molecule has 4 rings (SSSR count). The fourth-order valence-electron chi connectivity index (χ4n) is 4.00. The minimum Gasteiger partial charge on any atom is -0.352 e. The van der Waals surface area contributed by atoms with Gasteiger partial charge in [0.05, 0.1) is 17.8 Å². The molecule has 1 aliphatic heterocycles. The van der Waals surface area contributed by atoms with E-state index in [-0.39, 0.29) is 12.1 Å². The van der Waals surface area contributed by atoms with E-state index < -0.39 is 0 Å². The van der Waals surface area contributed by atoms with Gasteiger partial charge in [-0.3, -0.25) is 9.55 Å². The third kappa shape index (κ3) is 3.80. The Morgan fingerprint density at radius 2 is 2.03 bits per heavy atom. The van der Waals surface area contributed by atoms with E-state index in [4.69, 9.17) is 12.2 Å². The Kier molecular flexibility index (Phi) is 5.67. The molecule has 2 atom stereocenters. The fourth-order valence-corrected chi connectivity index (χ4v) is 5.08. The van der Waals surface area contributed by atoms with Gasteiger partial charge in [0, 0.05) is 42.3 Å². The standard InChI is InChI=1S/C21H26N6S2/c1-14-13-16(15(2)27(14)21-23-9-12-29-21)19-18(17-7-5-6-8-22-17)24-20(28)26(19)11-10-25(3)4/h5-9,12-13,18-19H,10-11H2,1-4H3,(H,24,28)/t18-,19+/m1/s1. The molecule has 1 aliphatic rings. The minimum atomic E-state index is 0.0103. The monoisotopic (exact) mass is 426 g/mol. The smallest absolute Gasteiger partial charge is 0.193 e. The van der Waals surface area contributed by atoms with Crippen LogP contribution >= 0.6 is 23.6 Å². The average molecular weight is 427 g/mol. The summed E-state index contributed by atoms with van der Waals surface area (Å²) in [5, 5.41) is 7.33. The molecule has 4 heterocycles. The first-order valence-corrected chi connectivity index (χ1v) is 11.0. The van der Waals surface area contributed by atoms with Crippen molar-refractivity contribution in [3.05, 3.63) is 64.7 Å². The van der Waals surface area contributed by atoms with Crippen molar-refractivity contribution in [2.75, 3.05) is 27.2 Å². The molecule has 29 heavy (non-hydrogen) atoms. The second-order valence-corrected chi connectivity index (χ2v) is 8.86. The molecular weight excluding hydrogens is 400 g/mol. The van der Waals surface area contributed by atoms with Crippen LogP contribution in [0.4, 0.5) is 0 Å². The Labute approximate surface area is 181 Å². The van der Waals surface area contributed by atoms with Crippen molar-refractivity contribution in [3.63, 3.8) is 0 Å². The Morgan fingerprint density at radius 3 is 2.69 bits per heavy atom. The highest BCUT2D eigenvalue weighted by Gasteiger charge is 2.41. The van der Waals surface area contributed by atoms with Crippen LogP contribution in [0.2, 0.25) is 0 Å². The number of thiocarbonyl (C=S) groups is 1. The average Bonchev–Trinajstić information content (AvgIpc) is 3.39. The van der Waals surface area contributed by atoms with E-state index in [0.29, 0.717) is 0 Å². The maximum atomic E-state index is 5.76. The van der Waals surface area contributed by atoms with Crippen molar-refractivity contribution in [2.45, 2.75) is 25.9 Å². The van der Waals surface area contributed by atoms with Crippen molar-refractivity contribution in [3.8, 4) is 5.13 Å². The fraction of sp³-hybridized carbons (Fsp3) is 0.381. The predicted octanol–water partition coefficient (Wildman–Crippen LogP) is 3.48. The summed E-state index contributed by atoms with van der Waals surface area (Å²) in [5.74, 6) is 0. The molecular formula is C21H26N6S2. The Balaban J connectivity index is 1.79. The van der Waals surface area contributed by atoms with E-state index in [1.165, 1.54) is 17.0 Å². The van der Waals surface area contributed by atoms with Gasteiger partial charge in [0.1, 0.15) is 0 Å². The van der Waals surface area contributed by atoms with Crippen molar-refractivity contribution in [1.29, 1.82) is 0 Å². The van der Waals surface area contributed by atoms with Gasteiger partial charge >= 0.3 is 0 Å². The quantitative estimate of drug-likeness (QED) is 0.609. The molecule has 8 heteroatoms. The molecule has 1 fully saturated rings. The molecule has 1 saturated heterocycles. The number of nitrogens with zero attached hydrogens (tertiary/aromatic N) is 5. The van der Waals surface area contributed by atoms with Crippen molar-refractivity contribution in [1.82, 2.24) is 29.7 Å². The maximum Gasteiger partial charge on any atom is 0.193 e. The lowest BCUT2D eigenvalue weighted by Crippen LogP contribution is -2.35. The molecule has 3 aromatic rings. The molecule has 0 spiro atoms. The van der Waals surface area contributed by atoms with Gasteiger partial charge in [-0.25, -0.2) is 4.98 Å². The number of thiazole rings is 1. The van der Waals surface area contributed by atoms with Crippen LogP contribution < -0.4 is 5.32 Å². The number of hydrogen-bond acceptors (Lipinski definition) is 5. The lowest BCUT2D eigenvalue weighted by molar-refractivity contribution is 0.277.